The lowest BCUT2D eigenvalue weighted by molar-refractivity contribution is 0.1000. The van der Waals surface area contributed by atoms with Crippen LogP contribution in [-0.4, -0.2) is 33.0 Å². The van der Waals surface area contributed by atoms with Crippen molar-refractivity contribution in [2.75, 3.05) is 7.11 Å². The van der Waals surface area contributed by atoms with E-state index >= 15 is 0 Å². The van der Waals surface area contributed by atoms with Gasteiger partial charge in [0.25, 0.3) is 0 Å². The second-order valence-corrected chi connectivity index (χ2v) is 7.11. The van der Waals surface area contributed by atoms with Gasteiger partial charge < -0.3 is 15.5 Å². The molecular formula is C22H29N5O2S. The van der Waals surface area contributed by atoms with E-state index in [0.717, 1.165) is 38.3 Å². The molecule has 0 spiro atoms. The van der Waals surface area contributed by atoms with Gasteiger partial charge in [0, 0.05) is 22.5 Å². The summed E-state index contributed by atoms with van der Waals surface area (Å²) >= 11 is 1.59. The molecule has 4 aromatic rings. The summed E-state index contributed by atoms with van der Waals surface area (Å²) in [5.74, 6) is 0.671. The fourth-order valence-corrected chi connectivity index (χ4v) is 4.00. The number of amides is 1. The van der Waals surface area contributed by atoms with Crippen LogP contribution in [0.3, 0.4) is 0 Å². The molecule has 4 rings (SSSR count). The number of ether oxygens (including phenoxy) is 1. The van der Waals surface area contributed by atoms with E-state index in [9.17, 15) is 4.79 Å². The van der Waals surface area contributed by atoms with Gasteiger partial charge in [0.15, 0.2) is 5.82 Å². The number of aromatic nitrogens is 4. The minimum absolute atomic E-state index is 0.380. The van der Waals surface area contributed by atoms with Crippen LogP contribution in [0.15, 0.2) is 18.3 Å². The molecule has 160 valence electrons. The highest BCUT2D eigenvalue weighted by Crippen LogP contribution is 2.34. The number of H-pyrrole nitrogens is 1. The smallest absolute Gasteiger partial charge is 0.248 e. The molecule has 8 heteroatoms. The van der Waals surface area contributed by atoms with E-state index in [1.807, 2.05) is 34.6 Å². The number of fused-ring (bicyclic) bond motifs is 3. The summed E-state index contributed by atoms with van der Waals surface area (Å²) in [6.07, 6.45) is 2.58. The molecule has 0 atom stereocenters. The van der Waals surface area contributed by atoms with Crippen molar-refractivity contribution in [3.8, 4) is 16.5 Å². The molecule has 0 radical (unpaired) electrons. The lowest BCUT2D eigenvalue weighted by atomic mass is 10.1. The summed E-state index contributed by atoms with van der Waals surface area (Å²) in [7, 11) is 1.55. The molecule has 0 fully saturated rings. The Morgan fingerprint density at radius 2 is 1.87 bits per heavy atom. The molecule has 1 aromatic carbocycles. The van der Waals surface area contributed by atoms with E-state index in [0.29, 0.717) is 22.8 Å². The van der Waals surface area contributed by atoms with E-state index in [2.05, 4.69) is 26.9 Å². The Balaban J connectivity index is 0.000000757. The minimum atomic E-state index is -0.509. The number of primary amides is 1. The normalized spacial score (nSPS) is 10.2. The molecule has 3 N–H and O–H groups in total. The number of thiazole rings is 1. The molecule has 0 saturated carbocycles. The topological polar surface area (TPSA) is 107 Å². The molecule has 0 aliphatic heterocycles. The molecule has 0 unspecified atom stereocenters. The Morgan fingerprint density at radius 3 is 2.47 bits per heavy atom. The van der Waals surface area contributed by atoms with Gasteiger partial charge in [0.2, 0.25) is 5.91 Å². The van der Waals surface area contributed by atoms with Gasteiger partial charge in [-0.15, -0.1) is 11.3 Å². The first-order chi connectivity index (χ1) is 14.5. The first-order valence-electron chi connectivity index (χ1n) is 10.1. The van der Waals surface area contributed by atoms with E-state index in [1.54, 1.807) is 36.8 Å². The Hall–Kier alpha value is -3.00. The summed E-state index contributed by atoms with van der Waals surface area (Å²) in [4.78, 5) is 29.6. The third-order valence-electron chi connectivity index (χ3n) is 4.27. The minimum Gasteiger partial charge on any atom is -0.495 e. The van der Waals surface area contributed by atoms with Gasteiger partial charge in [-0.2, -0.15) is 0 Å². The highest BCUT2D eigenvalue weighted by atomic mass is 32.1. The second-order valence-electron chi connectivity index (χ2n) is 5.91. The Kier molecular flexibility index (Phi) is 7.88. The highest BCUT2D eigenvalue weighted by molar-refractivity contribution is 7.15. The molecule has 3 heterocycles. The van der Waals surface area contributed by atoms with E-state index in [-0.39, 0.29) is 0 Å². The summed E-state index contributed by atoms with van der Waals surface area (Å²) in [5, 5.41) is 2.60. The summed E-state index contributed by atoms with van der Waals surface area (Å²) in [6.45, 7) is 12.0. The van der Waals surface area contributed by atoms with Crippen molar-refractivity contribution in [3.05, 3.63) is 34.6 Å². The number of aromatic amines is 1. The van der Waals surface area contributed by atoms with Crippen LogP contribution in [0.2, 0.25) is 0 Å². The number of aryl methyl sites for hydroxylation is 2. The van der Waals surface area contributed by atoms with Crippen molar-refractivity contribution in [2.24, 2.45) is 5.73 Å². The van der Waals surface area contributed by atoms with Crippen molar-refractivity contribution < 1.29 is 9.53 Å². The summed E-state index contributed by atoms with van der Waals surface area (Å²) in [6, 6.07) is 3.35. The van der Waals surface area contributed by atoms with Gasteiger partial charge in [0.1, 0.15) is 11.4 Å². The van der Waals surface area contributed by atoms with Crippen LogP contribution >= 0.6 is 11.3 Å². The quantitative estimate of drug-likeness (QED) is 0.462. The number of carbonyl (C=O) groups is 1. The molecule has 3 aromatic heterocycles. The average Bonchev–Trinajstić information content (AvgIpc) is 3.35. The maximum Gasteiger partial charge on any atom is 0.248 e. The zero-order valence-corrected chi connectivity index (χ0v) is 19.4. The number of nitrogens with one attached hydrogen (secondary N) is 1. The van der Waals surface area contributed by atoms with Crippen LogP contribution in [-0.2, 0) is 6.42 Å². The molecule has 30 heavy (non-hydrogen) atoms. The standard InChI is InChI=1S/C18H17N5O2S.2C2H6/c1-4-12-15(26-8(2)21-12)18-20-7-11-10-5-9(16(19)24)6-13(25-3)14(10)22-17(11)23-18;2*1-2/h5-7H,4H2,1-3H3,(H2,19,24)(H,20,22,23);2*1-2H3. The van der Waals surface area contributed by atoms with Crippen LogP contribution in [0.1, 0.15) is 55.7 Å². The number of carbonyl (C=O) groups excluding carboxylic acids is 1. The van der Waals surface area contributed by atoms with Crippen LogP contribution in [0.4, 0.5) is 0 Å². The zero-order valence-electron chi connectivity index (χ0n) is 18.6. The average molecular weight is 428 g/mol. The zero-order chi connectivity index (χ0) is 22.4. The van der Waals surface area contributed by atoms with E-state index in [4.69, 9.17) is 10.5 Å². The van der Waals surface area contributed by atoms with Crippen molar-refractivity contribution in [2.45, 2.75) is 48.0 Å². The number of nitrogens with two attached hydrogens (primary N) is 1. The molecular weight excluding hydrogens is 398 g/mol. The maximum absolute atomic E-state index is 11.6. The fourth-order valence-electron chi connectivity index (χ4n) is 3.05. The Labute approximate surface area is 180 Å². The van der Waals surface area contributed by atoms with E-state index in [1.165, 1.54) is 0 Å². The Bertz CT molecular complexity index is 1160. The number of benzene rings is 1. The van der Waals surface area contributed by atoms with E-state index < -0.39 is 5.91 Å². The van der Waals surface area contributed by atoms with Gasteiger partial charge in [-0.25, -0.2) is 15.0 Å². The van der Waals surface area contributed by atoms with Crippen molar-refractivity contribution in [3.63, 3.8) is 0 Å². The third-order valence-corrected chi connectivity index (χ3v) is 5.28. The summed E-state index contributed by atoms with van der Waals surface area (Å²) < 4.78 is 5.41. The van der Waals surface area contributed by atoms with Crippen molar-refractivity contribution in [1.29, 1.82) is 0 Å². The molecule has 1 amide bonds. The lowest BCUT2D eigenvalue weighted by Gasteiger charge is -2.04. The molecule has 0 aliphatic rings. The van der Waals surface area contributed by atoms with Crippen molar-refractivity contribution in [1.82, 2.24) is 19.9 Å². The summed E-state index contributed by atoms with van der Waals surface area (Å²) in [5.41, 5.74) is 8.25. The number of methoxy groups -OCH3 is 1. The third kappa shape index (κ3) is 4.28. The van der Waals surface area contributed by atoms with Crippen LogP contribution < -0.4 is 10.5 Å². The number of rotatable bonds is 4. The molecule has 0 saturated heterocycles. The lowest BCUT2D eigenvalue weighted by Crippen LogP contribution is -2.10. The Morgan fingerprint density at radius 1 is 1.17 bits per heavy atom. The number of hydrogen-bond acceptors (Lipinski definition) is 6. The van der Waals surface area contributed by atoms with Crippen LogP contribution in [0.25, 0.3) is 32.6 Å². The van der Waals surface area contributed by atoms with Gasteiger partial charge in [-0.1, -0.05) is 34.6 Å². The maximum atomic E-state index is 11.6. The number of nitrogens with zero attached hydrogens (tertiary/aromatic N) is 3. The largest absolute Gasteiger partial charge is 0.495 e. The predicted molar refractivity (Wildman–Crippen MR) is 124 cm³/mol. The monoisotopic (exact) mass is 427 g/mol. The molecule has 7 nitrogen and oxygen atoms in total. The molecule has 0 aliphatic carbocycles. The van der Waals surface area contributed by atoms with Gasteiger partial charge >= 0.3 is 0 Å². The van der Waals surface area contributed by atoms with Gasteiger partial charge in [0.05, 0.1) is 28.2 Å². The second kappa shape index (κ2) is 10.2. The molecule has 0 bridgehead atoms. The van der Waals surface area contributed by atoms with Crippen LogP contribution in [0, 0.1) is 6.92 Å². The first kappa shape index (κ1) is 23.3. The van der Waals surface area contributed by atoms with Crippen LogP contribution in [0.5, 0.6) is 5.75 Å². The predicted octanol–water partition coefficient (Wildman–Crippen LogP) is 5.27. The highest BCUT2D eigenvalue weighted by Gasteiger charge is 2.17. The SMILES string of the molecule is CC.CC.CCc1nc(C)sc1-c1ncc2c(n1)[nH]c1c(OC)cc(C(N)=O)cc12. The number of hydrogen-bond donors (Lipinski definition) is 2. The first-order valence-corrected chi connectivity index (χ1v) is 11.0. The van der Waals surface area contributed by atoms with Gasteiger partial charge in [-0.3, -0.25) is 4.79 Å². The van der Waals surface area contributed by atoms with Gasteiger partial charge in [-0.05, 0) is 25.5 Å². The fraction of sp³-hybridized carbons (Fsp3) is 0.364. The van der Waals surface area contributed by atoms with Crippen molar-refractivity contribution >= 4 is 39.2 Å².